The standard InChI is InChI=1S/C14H16FN3OS/c15-8-3-4-11(10(6-8)13(16)20)18-5-1-2-9-12(18)7-17-14(9)19/h3-4,6,9,12H,1-2,5,7H2,(H2,16,20)(H,17,19). The van der Waals surface area contributed by atoms with Gasteiger partial charge in [0, 0.05) is 24.3 Å². The fourth-order valence-electron chi connectivity index (χ4n) is 3.21. The summed E-state index contributed by atoms with van der Waals surface area (Å²) in [4.78, 5) is 14.1. The van der Waals surface area contributed by atoms with E-state index in [1.54, 1.807) is 6.07 Å². The lowest BCUT2D eigenvalue weighted by Crippen LogP contribution is -2.46. The first-order valence-corrected chi connectivity index (χ1v) is 7.12. The monoisotopic (exact) mass is 293 g/mol. The van der Waals surface area contributed by atoms with Gasteiger partial charge in [-0.15, -0.1) is 0 Å². The molecule has 2 fully saturated rings. The largest absolute Gasteiger partial charge is 0.389 e. The van der Waals surface area contributed by atoms with Gasteiger partial charge >= 0.3 is 0 Å². The van der Waals surface area contributed by atoms with Crippen LogP contribution in [0.2, 0.25) is 0 Å². The summed E-state index contributed by atoms with van der Waals surface area (Å²) in [5.41, 5.74) is 7.08. The third-order valence-electron chi connectivity index (χ3n) is 4.13. The van der Waals surface area contributed by atoms with Crippen LogP contribution in [0.15, 0.2) is 18.2 Å². The maximum absolute atomic E-state index is 13.4. The number of carbonyl (C=O) groups is 1. The Morgan fingerprint density at radius 1 is 1.50 bits per heavy atom. The number of carbonyl (C=O) groups excluding carboxylic acids is 1. The normalized spacial score (nSPS) is 25.2. The van der Waals surface area contributed by atoms with Crippen LogP contribution in [-0.4, -0.2) is 30.0 Å². The van der Waals surface area contributed by atoms with Crippen LogP contribution in [0.3, 0.4) is 0 Å². The van der Waals surface area contributed by atoms with E-state index < -0.39 is 0 Å². The predicted octanol–water partition coefficient (Wildman–Crippen LogP) is 1.17. The van der Waals surface area contributed by atoms with E-state index in [2.05, 4.69) is 10.2 Å². The van der Waals surface area contributed by atoms with Crippen LogP contribution >= 0.6 is 12.2 Å². The van der Waals surface area contributed by atoms with Crippen molar-refractivity contribution < 1.29 is 9.18 Å². The molecule has 1 aromatic carbocycles. The van der Waals surface area contributed by atoms with Crippen molar-refractivity contribution in [1.29, 1.82) is 0 Å². The highest BCUT2D eigenvalue weighted by atomic mass is 32.1. The Labute approximate surface area is 122 Å². The molecule has 1 aromatic rings. The average molecular weight is 293 g/mol. The number of fused-ring (bicyclic) bond motifs is 1. The molecular weight excluding hydrogens is 277 g/mol. The number of amides is 1. The van der Waals surface area contributed by atoms with Crippen LogP contribution in [0.4, 0.5) is 10.1 Å². The maximum Gasteiger partial charge on any atom is 0.225 e. The summed E-state index contributed by atoms with van der Waals surface area (Å²) in [6, 6.07) is 4.58. The Morgan fingerprint density at radius 2 is 2.30 bits per heavy atom. The molecule has 0 bridgehead atoms. The average Bonchev–Trinajstić information content (AvgIpc) is 2.81. The first kappa shape index (κ1) is 13.3. The number of halogens is 1. The second-order valence-corrected chi connectivity index (χ2v) is 5.72. The lowest BCUT2D eigenvalue weighted by atomic mass is 9.90. The summed E-state index contributed by atoms with van der Waals surface area (Å²) < 4.78 is 13.4. The molecule has 1 amide bonds. The Morgan fingerprint density at radius 3 is 3.05 bits per heavy atom. The van der Waals surface area contributed by atoms with Gasteiger partial charge in [0.25, 0.3) is 0 Å². The molecule has 0 radical (unpaired) electrons. The third kappa shape index (κ3) is 2.14. The van der Waals surface area contributed by atoms with Crippen molar-refractivity contribution in [2.24, 2.45) is 11.7 Å². The van der Waals surface area contributed by atoms with Gasteiger partial charge in [-0.1, -0.05) is 12.2 Å². The minimum Gasteiger partial charge on any atom is -0.389 e. The van der Waals surface area contributed by atoms with Crippen molar-refractivity contribution >= 4 is 28.8 Å². The second kappa shape index (κ2) is 5.01. The highest BCUT2D eigenvalue weighted by molar-refractivity contribution is 7.80. The number of piperidine rings is 1. The molecule has 106 valence electrons. The number of nitrogens with two attached hydrogens (primary N) is 1. The molecule has 3 N–H and O–H groups in total. The Balaban J connectivity index is 2.00. The number of benzene rings is 1. The van der Waals surface area contributed by atoms with Crippen LogP contribution in [0, 0.1) is 11.7 Å². The van der Waals surface area contributed by atoms with Gasteiger partial charge in [0.1, 0.15) is 10.8 Å². The smallest absolute Gasteiger partial charge is 0.225 e. The summed E-state index contributed by atoms with van der Waals surface area (Å²) in [5, 5.41) is 2.90. The number of thiocarbonyl (C=S) groups is 1. The van der Waals surface area contributed by atoms with E-state index in [0.29, 0.717) is 12.1 Å². The van der Waals surface area contributed by atoms with Crippen molar-refractivity contribution in [2.75, 3.05) is 18.0 Å². The zero-order valence-electron chi connectivity index (χ0n) is 10.9. The van der Waals surface area contributed by atoms with Crippen molar-refractivity contribution in [3.63, 3.8) is 0 Å². The van der Waals surface area contributed by atoms with Crippen molar-refractivity contribution in [3.8, 4) is 0 Å². The topological polar surface area (TPSA) is 58.4 Å². The zero-order chi connectivity index (χ0) is 14.3. The van der Waals surface area contributed by atoms with Crippen LogP contribution < -0.4 is 16.0 Å². The molecule has 6 heteroatoms. The quantitative estimate of drug-likeness (QED) is 0.804. The maximum atomic E-state index is 13.4. The number of nitrogens with zero attached hydrogens (tertiary/aromatic N) is 1. The van der Waals surface area contributed by atoms with Crippen LogP contribution in [-0.2, 0) is 4.79 Å². The van der Waals surface area contributed by atoms with Gasteiger partial charge < -0.3 is 16.0 Å². The van der Waals surface area contributed by atoms with Gasteiger partial charge in [0.2, 0.25) is 5.91 Å². The molecule has 20 heavy (non-hydrogen) atoms. The molecule has 4 nitrogen and oxygen atoms in total. The first-order chi connectivity index (χ1) is 9.58. The molecule has 2 heterocycles. The van der Waals surface area contributed by atoms with Gasteiger partial charge in [-0.05, 0) is 31.0 Å². The molecule has 2 unspecified atom stereocenters. The van der Waals surface area contributed by atoms with Gasteiger partial charge in [0.05, 0.1) is 12.0 Å². The summed E-state index contributed by atoms with van der Waals surface area (Å²) >= 11 is 5.02. The molecule has 2 atom stereocenters. The van der Waals surface area contributed by atoms with E-state index in [0.717, 1.165) is 25.1 Å². The molecule has 2 aliphatic rings. The van der Waals surface area contributed by atoms with E-state index >= 15 is 0 Å². The fraction of sp³-hybridized carbons (Fsp3) is 0.429. The van der Waals surface area contributed by atoms with Crippen LogP contribution in [0.5, 0.6) is 0 Å². The van der Waals surface area contributed by atoms with Gasteiger partial charge in [0.15, 0.2) is 0 Å². The SMILES string of the molecule is NC(=S)c1cc(F)ccc1N1CCCC2C(=O)NCC21. The molecule has 0 aromatic heterocycles. The summed E-state index contributed by atoms with van der Waals surface area (Å²) in [6.45, 7) is 1.45. The lowest BCUT2D eigenvalue weighted by molar-refractivity contribution is -0.122. The number of anilines is 1. The Hall–Kier alpha value is -1.69. The fourth-order valence-corrected chi connectivity index (χ4v) is 3.37. The van der Waals surface area contributed by atoms with Gasteiger partial charge in [-0.25, -0.2) is 4.39 Å². The van der Waals surface area contributed by atoms with Gasteiger partial charge in [-0.2, -0.15) is 0 Å². The van der Waals surface area contributed by atoms with E-state index in [4.69, 9.17) is 18.0 Å². The van der Waals surface area contributed by atoms with Crippen LogP contribution in [0.1, 0.15) is 18.4 Å². The first-order valence-electron chi connectivity index (χ1n) is 6.71. The van der Waals surface area contributed by atoms with E-state index in [1.807, 2.05) is 0 Å². The van der Waals surface area contributed by atoms with E-state index in [9.17, 15) is 9.18 Å². The molecule has 2 aliphatic heterocycles. The number of hydrogen-bond donors (Lipinski definition) is 2. The minimum absolute atomic E-state index is 0.00741. The highest BCUT2D eigenvalue weighted by Gasteiger charge is 2.41. The number of hydrogen-bond acceptors (Lipinski definition) is 3. The molecular formula is C14H16FN3OS. The predicted molar refractivity (Wildman–Crippen MR) is 79.2 cm³/mol. The summed E-state index contributed by atoms with van der Waals surface area (Å²) in [6.07, 6.45) is 1.83. The van der Waals surface area contributed by atoms with E-state index in [-0.39, 0.29) is 28.7 Å². The molecule has 3 rings (SSSR count). The van der Waals surface area contributed by atoms with Crippen LogP contribution in [0.25, 0.3) is 0 Å². The third-order valence-corrected chi connectivity index (χ3v) is 4.35. The van der Waals surface area contributed by atoms with Crippen molar-refractivity contribution in [3.05, 3.63) is 29.6 Å². The number of nitrogens with one attached hydrogen (secondary N) is 1. The Kier molecular flexibility index (Phi) is 3.33. The zero-order valence-corrected chi connectivity index (χ0v) is 11.8. The van der Waals surface area contributed by atoms with Gasteiger partial charge in [-0.3, -0.25) is 4.79 Å². The van der Waals surface area contributed by atoms with Crippen molar-refractivity contribution in [1.82, 2.24) is 5.32 Å². The highest BCUT2D eigenvalue weighted by Crippen LogP contribution is 2.33. The van der Waals surface area contributed by atoms with Crippen molar-refractivity contribution in [2.45, 2.75) is 18.9 Å². The lowest BCUT2D eigenvalue weighted by Gasteiger charge is -2.38. The molecule has 0 spiro atoms. The summed E-state index contributed by atoms with van der Waals surface area (Å²) in [5.74, 6) is -0.239. The molecule has 0 saturated carbocycles. The Bertz CT molecular complexity index is 578. The second-order valence-electron chi connectivity index (χ2n) is 5.28. The molecule has 0 aliphatic carbocycles. The van der Waals surface area contributed by atoms with E-state index in [1.165, 1.54) is 12.1 Å². The minimum atomic E-state index is -0.356. The molecule has 2 saturated heterocycles. The summed E-state index contributed by atoms with van der Waals surface area (Å²) in [7, 11) is 0. The number of rotatable bonds is 2.